The second-order valence-electron chi connectivity index (χ2n) is 3.47. The minimum absolute atomic E-state index is 0.0383. The van der Waals surface area contributed by atoms with E-state index < -0.39 is 0 Å². The van der Waals surface area contributed by atoms with Crippen LogP contribution in [-0.2, 0) is 11.3 Å². The van der Waals surface area contributed by atoms with E-state index in [1.54, 1.807) is 12.5 Å². The first-order valence-corrected chi connectivity index (χ1v) is 5.22. The lowest BCUT2D eigenvalue weighted by Crippen LogP contribution is -2.42. The molecule has 15 heavy (non-hydrogen) atoms. The average Bonchev–Trinajstić information content (AvgIpc) is 2.75. The first-order chi connectivity index (χ1) is 7.24. The fraction of sp³-hybridized carbons (Fsp3) is 0.600. The Labute approximate surface area is 89.7 Å². The molecule has 0 bridgehead atoms. The van der Waals surface area contributed by atoms with Gasteiger partial charge in [-0.25, -0.2) is 4.98 Å². The molecule has 0 radical (unpaired) electrons. The number of carbonyl (C=O) groups excluding carboxylic acids is 1. The molecular formula is C10H18N4O. The van der Waals surface area contributed by atoms with E-state index >= 15 is 0 Å². The van der Waals surface area contributed by atoms with Crippen LogP contribution in [0.4, 0.5) is 0 Å². The van der Waals surface area contributed by atoms with Crippen molar-refractivity contribution in [2.24, 2.45) is 0 Å². The van der Waals surface area contributed by atoms with Crippen molar-refractivity contribution < 1.29 is 4.79 Å². The zero-order valence-electron chi connectivity index (χ0n) is 9.21. The Morgan fingerprint density at radius 3 is 3.07 bits per heavy atom. The number of nitrogens with zero attached hydrogens (tertiary/aromatic N) is 1. The number of nitrogens with one attached hydrogen (secondary N) is 3. The van der Waals surface area contributed by atoms with E-state index in [9.17, 15) is 4.79 Å². The highest BCUT2D eigenvalue weighted by Crippen LogP contribution is 1.91. The molecule has 1 aromatic rings. The molecule has 1 unspecified atom stereocenters. The van der Waals surface area contributed by atoms with Crippen molar-refractivity contribution in [3.63, 3.8) is 0 Å². The predicted octanol–water partition coefficient (Wildman–Crippen LogP) is 0.414. The molecule has 0 spiro atoms. The molecule has 5 heteroatoms. The average molecular weight is 210 g/mol. The maximum Gasteiger partial charge on any atom is 0.236 e. The second kappa shape index (κ2) is 6.19. The van der Waals surface area contributed by atoms with E-state index in [1.165, 1.54) is 0 Å². The number of hydrogen-bond donors (Lipinski definition) is 3. The molecule has 1 heterocycles. The van der Waals surface area contributed by atoms with Crippen LogP contribution in [-0.4, -0.2) is 28.5 Å². The van der Waals surface area contributed by atoms with Crippen molar-refractivity contribution in [1.29, 1.82) is 0 Å². The maximum absolute atomic E-state index is 11.5. The Morgan fingerprint density at radius 1 is 1.67 bits per heavy atom. The van der Waals surface area contributed by atoms with Crippen molar-refractivity contribution in [2.75, 3.05) is 6.54 Å². The van der Waals surface area contributed by atoms with E-state index in [1.807, 2.05) is 13.8 Å². The fourth-order valence-electron chi connectivity index (χ4n) is 1.14. The Kier molecular flexibility index (Phi) is 4.83. The maximum atomic E-state index is 11.5. The fourth-order valence-corrected chi connectivity index (χ4v) is 1.14. The molecule has 0 saturated heterocycles. The summed E-state index contributed by atoms with van der Waals surface area (Å²) in [7, 11) is 0. The lowest BCUT2D eigenvalue weighted by molar-refractivity contribution is -0.122. The molecule has 0 aliphatic heterocycles. The summed E-state index contributed by atoms with van der Waals surface area (Å²) < 4.78 is 0. The molecule has 1 aromatic heterocycles. The Hall–Kier alpha value is -1.36. The van der Waals surface area contributed by atoms with Crippen LogP contribution in [0.5, 0.6) is 0 Å². The largest absolute Gasteiger partial charge is 0.355 e. The molecule has 1 rings (SSSR count). The van der Waals surface area contributed by atoms with Crippen molar-refractivity contribution in [3.8, 4) is 0 Å². The van der Waals surface area contributed by atoms with Crippen LogP contribution in [0, 0.1) is 0 Å². The van der Waals surface area contributed by atoms with Gasteiger partial charge in [-0.1, -0.05) is 6.92 Å². The van der Waals surface area contributed by atoms with Gasteiger partial charge in [0.25, 0.3) is 0 Å². The van der Waals surface area contributed by atoms with Gasteiger partial charge in [0.05, 0.1) is 12.4 Å². The normalized spacial score (nSPS) is 12.4. The zero-order valence-corrected chi connectivity index (χ0v) is 9.21. The topological polar surface area (TPSA) is 69.8 Å². The number of rotatable bonds is 6. The van der Waals surface area contributed by atoms with Crippen LogP contribution < -0.4 is 10.6 Å². The summed E-state index contributed by atoms with van der Waals surface area (Å²) in [6.45, 7) is 5.24. The molecular weight excluding hydrogens is 192 g/mol. The van der Waals surface area contributed by atoms with Gasteiger partial charge >= 0.3 is 0 Å². The predicted molar refractivity (Wildman–Crippen MR) is 58.2 cm³/mol. The minimum Gasteiger partial charge on any atom is -0.355 e. The van der Waals surface area contributed by atoms with Crippen LogP contribution in [0.2, 0.25) is 0 Å². The third kappa shape index (κ3) is 4.12. The van der Waals surface area contributed by atoms with Gasteiger partial charge in [0.15, 0.2) is 0 Å². The second-order valence-corrected chi connectivity index (χ2v) is 3.47. The van der Waals surface area contributed by atoms with E-state index in [2.05, 4.69) is 20.6 Å². The first kappa shape index (κ1) is 11.7. The van der Waals surface area contributed by atoms with Gasteiger partial charge in [0.1, 0.15) is 0 Å². The Morgan fingerprint density at radius 2 is 2.47 bits per heavy atom. The van der Waals surface area contributed by atoms with E-state index in [-0.39, 0.29) is 11.9 Å². The van der Waals surface area contributed by atoms with Gasteiger partial charge in [0, 0.05) is 25.0 Å². The van der Waals surface area contributed by atoms with Crippen LogP contribution in [0.3, 0.4) is 0 Å². The van der Waals surface area contributed by atoms with E-state index in [4.69, 9.17) is 0 Å². The molecule has 84 valence electrons. The molecule has 0 aliphatic carbocycles. The van der Waals surface area contributed by atoms with Crippen LogP contribution in [0.1, 0.15) is 26.0 Å². The molecule has 5 nitrogen and oxygen atoms in total. The molecule has 1 atom stereocenters. The summed E-state index contributed by atoms with van der Waals surface area (Å²) in [5.74, 6) is 0.0383. The van der Waals surface area contributed by atoms with Gasteiger partial charge in [-0.3, -0.25) is 4.79 Å². The summed E-state index contributed by atoms with van der Waals surface area (Å²) >= 11 is 0. The van der Waals surface area contributed by atoms with Gasteiger partial charge in [-0.05, 0) is 13.3 Å². The number of aromatic nitrogens is 2. The summed E-state index contributed by atoms with van der Waals surface area (Å²) in [5.41, 5.74) is 0.977. The summed E-state index contributed by atoms with van der Waals surface area (Å²) in [5, 5.41) is 5.95. The zero-order chi connectivity index (χ0) is 11.1. The molecule has 0 saturated carbocycles. The number of H-pyrrole nitrogens is 1. The lowest BCUT2D eigenvalue weighted by Gasteiger charge is -2.12. The molecule has 3 N–H and O–H groups in total. The number of amides is 1. The van der Waals surface area contributed by atoms with Crippen molar-refractivity contribution in [3.05, 3.63) is 18.2 Å². The minimum atomic E-state index is -0.181. The van der Waals surface area contributed by atoms with Crippen molar-refractivity contribution >= 4 is 5.91 Å². The van der Waals surface area contributed by atoms with Crippen LogP contribution in [0.25, 0.3) is 0 Å². The molecule has 1 amide bonds. The highest BCUT2D eigenvalue weighted by Gasteiger charge is 2.10. The SMILES string of the molecule is CCCNC(=O)C(C)NCc1cnc[nH]1. The van der Waals surface area contributed by atoms with Crippen molar-refractivity contribution in [2.45, 2.75) is 32.9 Å². The van der Waals surface area contributed by atoms with Gasteiger partial charge in [-0.15, -0.1) is 0 Å². The highest BCUT2D eigenvalue weighted by molar-refractivity contribution is 5.81. The number of carbonyl (C=O) groups is 1. The molecule has 0 aromatic carbocycles. The van der Waals surface area contributed by atoms with Gasteiger partial charge in [0.2, 0.25) is 5.91 Å². The van der Waals surface area contributed by atoms with Gasteiger partial charge in [-0.2, -0.15) is 0 Å². The third-order valence-corrected chi connectivity index (χ3v) is 2.10. The smallest absolute Gasteiger partial charge is 0.236 e. The number of aromatic amines is 1. The van der Waals surface area contributed by atoms with E-state index in [0.717, 1.165) is 18.7 Å². The van der Waals surface area contributed by atoms with Crippen molar-refractivity contribution in [1.82, 2.24) is 20.6 Å². The van der Waals surface area contributed by atoms with Gasteiger partial charge < -0.3 is 15.6 Å². The Balaban J connectivity index is 2.23. The molecule has 0 fully saturated rings. The summed E-state index contributed by atoms with van der Waals surface area (Å²) in [4.78, 5) is 18.3. The standard InChI is InChI=1S/C10H18N4O/c1-3-4-12-10(15)8(2)13-6-9-5-11-7-14-9/h5,7-8,13H,3-4,6H2,1-2H3,(H,11,14)(H,12,15). The van der Waals surface area contributed by atoms with E-state index in [0.29, 0.717) is 6.54 Å². The monoisotopic (exact) mass is 210 g/mol. The van der Waals surface area contributed by atoms with Crippen LogP contribution in [0.15, 0.2) is 12.5 Å². The lowest BCUT2D eigenvalue weighted by atomic mass is 10.3. The first-order valence-electron chi connectivity index (χ1n) is 5.22. The Bertz CT molecular complexity index is 284. The molecule has 0 aliphatic rings. The quantitative estimate of drug-likeness (QED) is 0.637. The number of hydrogen-bond acceptors (Lipinski definition) is 3. The summed E-state index contributed by atoms with van der Waals surface area (Å²) in [6.07, 6.45) is 4.32. The third-order valence-electron chi connectivity index (χ3n) is 2.10. The summed E-state index contributed by atoms with van der Waals surface area (Å²) in [6, 6.07) is -0.181. The number of imidazole rings is 1. The van der Waals surface area contributed by atoms with Crippen LogP contribution >= 0.6 is 0 Å². The highest BCUT2D eigenvalue weighted by atomic mass is 16.2.